The lowest BCUT2D eigenvalue weighted by Gasteiger charge is -2.38. The Labute approximate surface area is 105 Å². The molecule has 0 aromatic heterocycles. The number of morpholine rings is 1. The fourth-order valence-corrected chi connectivity index (χ4v) is 2.28. The van der Waals surface area contributed by atoms with E-state index in [-0.39, 0.29) is 6.04 Å². The normalized spacial score (nSPS) is 28.0. The molecule has 0 saturated carbocycles. The van der Waals surface area contributed by atoms with Crippen LogP contribution < -0.4 is 5.73 Å². The Bertz CT molecular complexity index is 265. The molecule has 2 N–H and O–H groups in total. The second-order valence-electron chi connectivity index (χ2n) is 4.85. The first-order valence-electron chi connectivity index (χ1n) is 6.54. The third kappa shape index (κ3) is 4.52. The number of nitrogens with zero attached hydrogens (tertiary/aromatic N) is 1. The van der Waals surface area contributed by atoms with Crippen LogP contribution in [0.4, 0.5) is 0 Å². The number of nitrogens with two attached hydrogens (primary N) is 1. The first-order chi connectivity index (χ1) is 8.06. The number of rotatable bonds is 5. The zero-order valence-electron chi connectivity index (χ0n) is 11.4. The summed E-state index contributed by atoms with van der Waals surface area (Å²) in [5.41, 5.74) is 7.23. The highest BCUT2D eigenvalue weighted by Gasteiger charge is 2.22. The van der Waals surface area contributed by atoms with Crippen molar-refractivity contribution in [1.82, 2.24) is 4.90 Å². The molecule has 0 aromatic carbocycles. The topological polar surface area (TPSA) is 38.5 Å². The Hall–Kier alpha value is -0.800. The van der Waals surface area contributed by atoms with E-state index in [9.17, 15) is 0 Å². The molecule has 1 aliphatic rings. The van der Waals surface area contributed by atoms with E-state index in [1.807, 2.05) is 0 Å². The Morgan fingerprint density at radius 2 is 2.06 bits per heavy atom. The van der Waals surface area contributed by atoms with Crippen molar-refractivity contribution in [3.05, 3.63) is 24.4 Å². The SMILES string of the molecule is C=C[C@H](N)C/C=C(\CC)N1C[C@@H](C)O[C@@H](C)C1. The quantitative estimate of drug-likeness (QED) is 0.747. The first kappa shape index (κ1) is 14.3. The molecule has 0 aliphatic carbocycles. The standard InChI is InChI=1S/C14H26N2O/c1-5-13(15)7-8-14(6-2)16-9-11(3)17-12(4)10-16/h5,8,11-13H,1,6-7,9-10,15H2,2-4H3/b14-8+/t11-,12+,13-/m0/s1. The second kappa shape index (κ2) is 6.82. The number of ether oxygens (including phenoxy) is 1. The summed E-state index contributed by atoms with van der Waals surface area (Å²) in [7, 11) is 0. The highest BCUT2D eigenvalue weighted by Crippen LogP contribution is 2.18. The molecule has 3 atom stereocenters. The van der Waals surface area contributed by atoms with Crippen molar-refractivity contribution in [3.63, 3.8) is 0 Å². The van der Waals surface area contributed by atoms with Crippen LogP contribution >= 0.6 is 0 Å². The van der Waals surface area contributed by atoms with Crippen LogP contribution in [0.15, 0.2) is 24.4 Å². The van der Waals surface area contributed by atoms with Crippen LogP contribution in [0.2, 0.25) is 0 Å². The predicted molar refractivity (Wildman–Crippen MR) is 72.7 cm³/mol. The van der Waals surface area contributed by atoms with E-state index >= 15 is 0 Å². The Kier molecular flexibility index (Phi) is 5.72. The fourth-order valence-electron chi connectivity index (χ4n) is 2.28. The van der Waals surface area contributed by atoms with E-state index < -0.39 is 0 Å². The molecule has 1 aliphatic heterocycles. The van der Waals surface area contributed by atoms with Gasteiger partial charge in [0.2, 0.25) is 0 Å². The molecule has 17 heavy (non-hydrogen) atoms. The van der Waals surface area contributed by atoms with Crippen LogP contribution in [0.5, 0.6) is 0 Å². The van der Waals surface area contributed by atoms with Gasteiger partial charge in [-0.05, 0) is 26.7 Å². The molecule has 3 heteroatoms. The van der Waals surface area contributed by atoms with Gasteiger partial charge in [0.1, 0.15) is 0 Å². The summed E-state index contributed by atoms with van der Waals surface area (Å²) < 4.78 is 5.75. The molecule has 0 radical (unpaired) electrons. The molecular formula is C14H26N2O. The van der Waals surface area contributed by atoms with Gasteiger partial charge < -0.3 is 15.4 Å². The average Bonchev–Trinajstić information content (AvgIpc) is 2.28. The van der Waals surface area contributed by atoms with Gasteiger partial charge in [-0.3, -0.25) is 0 Å². The van der Waals surface area contributed by atoms with Gasteiger partial charge in [-0.2, -0.15) is 0 Å². The zero-order chi connectivity index (χ0) is 12.8. The van der Waals surface area contributed by atoms with Crippen LogP contribution in [0.3, 0.4) is 0 Å². The van der Waals surface area contributed by atoms with Gasteiger partial charge in [-0.15, -0.1) is 6.58 Å². The van der Waals surface area contributed by atoms with Crippen molar-refractivity contribution < 1.29 is 4.74 Å². The van der Waals surface area contributed by atoms with Gasteiger partial charge in [0, 0.05) is 24.8 Å². The second-order valence-corrected chi connectivity index (χ2v) is 4.85. The third-order valence-corrected chi connectivity index (χ3v) is 3.12. The highest BCUT2D eigenvalue weighted by molar-refractivity contribution is 5.05. The number of allylic oxidation sites excluding steroid dienone is 1. The van der Waals surface area contributed by atoms with E-state index in [1.54, 1.807) is 6.08 Å². The van der Waals surface area contributed by atoms with Crippen molar-refractivity contribution in [2.24, 2.45) is 5.73 Å². The molecule has 0 amide bonds. The highest BCUT2D eigenvalue weighted by atomic mass is 16.5. The van der Waals surface area contributed by atoms with Gasteiger partial charge >= 0.3 is 0 Å². The Morgan fingerprint density at radius 1 is 1.47 bits per heavy atom. The molecular weight excluding hydrogens is 212 g/mol. The largest absolute Gasteiger partial charge is 0.372 e. The van der Waals surface area contributed by atoms with E-state index in [2.05, 4.69) is 38.3 Å². The van der Waals surface area contributed by atoms with Gasteiger partial charge in [0.05, 0.1) is 12.2 Å². The summed E-state index contributed by atoms with van der Waals surface area (Å²) >= 11 is 0. The lowest BCUT2D eigenvalue weighted by atomic mass is 10.1. The maximum absolute atomic E-state index is 5.85. The van der Waals surface area contributed by atoms with Gasteiger partial charge in [-0.25, -0.2) is 0 Å². The van der Waals surface area contributed by atoms with Gasteiger partial charge in [0.15, 0.2) is 0 Å². The van der Waals surface area contributed by atoms with Gasteiger partial charge in [-0.1, -0.05) is 19.1 Å². The van der Waals surface area contributed by atoms with Crippen LogP contribution in [0.1, 0.15) is 33.6 Å². The van der Waals surface area contributed by atoms with Crippen molar-refractivity contribution in [2.75, 3.05) is 13.1 Å². The summed E-state index contributed by atoms with van der Waals surface area (Å²) in [6, 6.07) is 0.0624. The molecule has 0 unspecified atom stereocenters. The van der Waals surface area contributed by atoms with Crippen LogP contribution in [-0.2, 0) is 4.74 Å². The molecule has 1 saturated heterocycles. The summed E-state index contributed by atoms with van der Waals surface area (Å²) in [4.78, 5) is 2.43. The molecule has 0 aromatic rings. The maximum atomic E-state index is 5.85. The summed E-state index contributed by atoms with van der Waals surface area (Å²) in [6.45, 7) is 12.1. The minimum atomic E-state index is 0.0624. The molecule has 3 nitrogen and oxygen atoms in total. The summed E-state index contributed by atoms with van der Waals surface area (Å²) in [6.07, 6.45) is 6.57. The predicted octanol–water partition coefficient (Wildman–Crippen LogP) is 2.29. The molecule has 0 bridgehead atoms. The monoisotopic (exact) mass is 238 g/mol. The zero-order valence-corrected chi connectivity index (χ0v) is 11.4. The van der Waals surface area contributed by atoms with Crippen LogP contribution in [0, 0.1) is 0 Å². The number of hydrogen-bond donors (Lipinski definition) is 1. The molecule has 98 valence electrons. The smallest absolute Gasteiger partial charge is 0.0726 e. The van der Waals surface area contributed by atoms with Crippen molar-refractivity contribution in [1.29, 1.82) is 0 Å². The fraction of sp³-hybridized carbons (Fsp3) is 0.714. The van der Waals surface area contributed by atoms with E-state index in [0.717, 1.165) is 25.9 Å². The number of hydrogen-bond acceptors (Lipinski definition) is 3. The Balaban J connectivity index is 2.62. The minimum Gasteiger partial charge on any atom is -0.372 e. The van der Waals surface area contributed by atoms with E-state index in [1.165, 1.54) is 5.70 Å². The van der Waals surface area contributed by atoms with Crippen LogP contribution in [-0.4, -0.2) is 36.2 Å². The summed E-state index contributed by atoms with van der Waals surface area (Å²) in [5, 5.41) is 0. The Morgan fingerprint density at radius 3 is 2.53 bits per heavy atom. The van der Waals surface area contributed by atoms with E-state index in [0.29, 0.717) is 12.2 Å². The van der Waals surface area contributed by atoms with Crippen molar-refractivity contribution in [2.45, 2.75) is 51.9 Å². The average molecular weight is 238 g/mol. The minimum absolute atomic E-state index is 0.0624. The van der Waals surface area contributed by atoms with Gasteiger partial charge in [0.25, 0.3) is 0 Å². The van der Waals surface area contributed by atoms with E-state index in [4.69, 9.17) is 10.5 Å². The maximum Gasteiger partial charge on any atom is 0.0726 e. The molecule has 0 spiro atoms. The lowest BCUT2D eigenvalue weighted by Crippen LogP contribution is -2.44. The summed E-state index contributed by atoms with van der Waals surface area (Å²) in [5.74, 6) is 0. The van der Waals surface area contributed by atoms with Crippen LogP contribution in [0.25, 0.3) is 0 Å². The third-order valence-electron chi connectivity index (χ3n) is 3.12. The molecule has 1 heterocycles. The van der Waals surface area contributed by atoms with Crippen molar-refractivity contribution >= 4 is 0 Å². The lowest BCUT2D eigenvalue weighted by molar-refractivity contribution is -0.0585. The van der Waals surface area contributed by atoms with Crippen molar-refractivity contribution in [3.8, 4) is 0 Å². The molecule has 1 rings (SSSR count). The molecule has 1 fully saturated rings. The first-order valence-corrected chi connectivity index (χ1v) is 6.54.